The number of anilines is 1. The minimum absolute atomic E-state index is 0.127. The molecule has 0 fully saturated rings. The highest BCUT2D eigenvalue weighted by Gasteiger charge is 2.36. The standard InChI is InChI=1S/C17H18N2O6/c1-9-15(17(22)23-2)11(8-14(20)18-9)16(21)19-10-3-4-12-13(7-10)25-6-5-24-12/h3-4,7,11H,5-6,8H2,1-2H3,(H,18,20)(H,19,21)/t11-/m0/s1. The van der Waals surface area contributed by atoms with Crippen molar-refractivity contribution in [3.05, 3.63) is 29.5 Å². The minimum atomic E-state index is -0.922. The van der Waals surface area contributed by atoms with Crippen LogP contribution in [0.15, 0.2) is 29.5 Å². The van der Waals surface area contributed by atoms with Gasteiger partial charge in [0.1, 0.15) is 13.2 Å². The van der Waals surface area contributed by atoms with Crippen molar-refractivity contribution in [3.63, 3.8) is 0 Å². The molecule has 0 spiro atoms. The lowest BCUT2D eigenvalue weighted by Gasteiger charge is -2.25. The summed E-state index contributed by atoms with van der Waals surface area (Å²) < 4.78 is 15.6. The second-order valence-corrected chi connectivity index (χ2v) is 5.68. The van der Waals surface area contributed by atoms with E-state index in [0.29, 0.717) is 36.1 Å². The number of ether oxygens (including phenoxy) is 3. The number of hydrogen-bond donors (Lipinski definition) is 2. The fourth-order valence-electron chi connectivity index (χ4n) is 2.86. The maximum Gasteiger partial charge on any atom is 0.336 e. The summed E-state index contributed by atoms with van der Waals surface area (Å²) in [5.41, 5.74) is 0.963. The maximum absolute atomic E-state index is 12.7. The molecule has 3 rings (SSSR count). The highest BCUT2D eigenvalue weighted by molar-refractivity contribution is 6.06. The Bertz CT molecular complexity index is 770. The van der Waals surface area contributed by atoms with E-state index in [1.165, 1.54) is 7.11 Å². The molecule has 2 aliphatic heterocycles. The number of carbonyl (C=O) groups is 3. The van der Waals surface area contributed by atoms with E-state index in [-0.39, 0.29) is 17.9 Å². The Morgan fingerprint density at radius 2 is 1.96 bits per heavy atom. The van der Waals surface area contributed by atoms with Gasteiger partial charge >= 0.3 is 5.97 Å². The summed E-state index contributed by atoms with van der Waals surface area (Å²) in [5.74, 6) is -1.22. The molecule has 0 unspecified atom stereocenters. The lowest BCUT2D eigenvalue weighted by atomic mass is 9.89. The van der Waals surface area contributed by atoms with Crippen molar-refractivity contribution < 1.29 is 28.6 Å². The normalized spacial score (nSPS) is 19.1. The number of fused-ring (bicyclic) bond motifs is 1. The van der Waals surface area contributed by atoms with Crippen LogP contribution in [0.4, 0.5) is 5.69 Å². The molecule has 0 saturated carbocycles. The predicted octanol–water partition coefficient (Wildman–Crippen LogP) is 0.979. The number of amides is 2. The molecule has 0 aliphatic carbocycles. The Hall–Kier alpha value is -3.03. The summed E-state index contributed by atoms with van der Waals surface area (Å²) >= 11 is 0. The van der Waals surface area contributed by atoms with Crippen molar-refractivity contribution in [1.82, 2.24) is 5.32 Å². The van der Waals surface area contributed by atoms with Gasteiger partial charge in [-0.05, 0) is 19.1 Å². The molecule has 2 amide bonds. The summed E-state index contributed by atoms with van der Waals surface area (Å²) in [4.78, 5) is 36.4. The smallest absolute Gasteiger partial charge is 0.336 e. The van der Waals surface area contributed by atoms with Crippen LogP contribution in [0.1, 0.15) is 13.3 Å². The number of allylic oxidation sites excluding steroid dienone is 1. The first-order valence-electron chi connectivity index (χ1n) is 7.79. The van der Waals surface area contributed by atoms with Crippen LogP contribution in [-0.4, -0.2) is 38.1 Å². The number of carbonyl (C=O) groups excluding carboxylic acids is 3. The van der Waals surface area contributed by atoms with Crippen molar-refractivity contribution in [2.75, 3.05) is 25.6 Å². The van der Waals surface area contributed by atoms with Crippen LogP contribution in [0.3, 0.4) is 0 Å². The number of esters is 1. The van der Waals surface area contributed by atoms with Gasteiger partial charge in [0.25, 0.3) is 0 Å². The van der Waals surface area contributed by atoms with Gasteiger partial charge < -0.3 is 24.8 Å². The van der Waals surface area contributed by atoms with Gasteiger partial charge in [0.15, 0.2) is 11.5 Å². The SMILES string of the molecule is COC(=O)C1=C(C)NC(=O)C[C@@H]1C(=O)Nc1ccc2c(c1)OCCO2. The quantitative estimate of drug-likeness (QED) is 0.791. The summed E-state index contributed by atoms with van der Waals surface area (Å²) in [5, 5.41) is 5.27. The molecule has 1 aromatic carbocycles. The molecule has 2 N–H and O–H groups in total. The van der Waals surface area contributed by atoms with Gasteiger partial charge in [0.2, 0.25) is 11.8 Å². The third kappa shape index (κ3) is 3.42. The van der Waals surface area contributed by atoms with Crippen molar-refractivity contribution >= 4 is 23.5 Å². The zero-order valence-electron chi connectivity index (χ0n) is 13.9. The van der Waals surface area contributed by atoms with Gasteiger partial charge in [-0.3, -0.25) is 9.59 Å². The van der Waals surface area contributed by atoms with E-state index in [1.807, 2.05) is 0 Å². The number of benzene rings is 1. The maximum atomic E-state index is 12.7. The molecule has 1 atom stereocenters. The van der Waals surface area contributed by atoms with Crippen LogP contribution in [0, 0.1) is 5.92 Å². The molecule has 0 saturated heterocycles. The molecule has 0 radical (unpaired) electrons. The van der Waals surface area contributed by atoms with Crippen LogP contribution >= 0.6 is 0 Å². The number of hydrogen-bond acceptors (Lipinski definition) is 6. The Kier molecular flexibility index (Phi) is 4.60. The lowest BCUT2D eigenvalue weighted by Crippen LogP contribution is -2.40. The van der Waals surface area contributed by atoms with Crippen LogP contribution in [0.2, 0.25) is 0 Å². The third-order valence-electron chi connectivity index (χ3n) is 4.00. The summed E-state index contributed by atoms with van der Waals surface area (Å²) in [6.45, 7) is 2.47. The Morgan fingerprint density at radius 1 is 1.24 bits per heavy atom. The van der Waals surface area contributed by atoms with Gasteiger partial charge in [-0.25, -0.2) is 4.79 Å². The van der Waals surface area contributed by atoms with Crippen LogP contribution in [-0.2, 0) is 19.1 Å². The van der Waals surface area contributed by atoms with E-state index in [1.54, 1.807) is 25.1 Å². The van der Waals surface area contributed by atoms with E-state index >= 15 is 0 Å². The molecule has 0 aromatic heterocycles. The van der Waals surface area contributed by atoms with Crippen LogP contribution < -0.4 is 20.1 Å². The summed E-state index contributed by atoms with van der Waals surface area (Å²) in [6.07, 6.45) is -0.127. The lowest BCUT2D eigenvalue weighted by molar-refractivity contribution is -0.139. The highest BCUT2D eigenvalue weighted by Crippen LogP contribution is 2.33. The predicted molar refractivity (Wildman–Crippen MR) is 87.0 cm³/mol. The zero-order chi connectivity index (χ0) is 18.0. The monoisotopic (exact) mass is 346 g/mol. The van der Waals surface area contributed by atoms with E-state index in [0.717, 1.165) is 0 Å². The topological polar surface area (TPSA) is 103 Å². The Balaban J connectivity index is 1.83. The highest BCUT2D eigenvalue weighted by atomic mass is 16.6. The van der Waals surface area contributed by atoms with Gasteiger partial charge in [-0.2, -0.15) is 0 Å². The van der Waals surface area contributed by atoms with E-state index in [4.69, 9.17) is 14.2 Å². The Morgan fingerprint density at radius 3 is 2.68 bits per heavy atom. The van der Waals surface area contributed by atoms with Gasteiger partial charge in [-0.1, -0.05) is 0 Å². The first kappa shape index (κ1) is 16.8. The molecular weight excluding hydrogens is 328 g/mol. The fourth-order valence-corrected chi connectivity index (χ4v) is 2.86. The summed E-state index contributed by atoms with van der Waals surface area (Å²) in [7, 11) is 1.23. The Labute approximate surface area is 144 Å². The first-order chi connectivity index (χ1) is 12.0. The summed E-state index contributed by atoms with van der Waals surface area (Å²) in [6, 6.07) is 5.01. The van der Waals surface area contributed by atoms with Gasteiger partial charge in [0, 0.05) is 23.9 Å². The van der Waals surface area contributed by atoms with Crippen LogP contribution in [0.25, 0.3) is 0 Å². The van der Waals surface area contributed by atoms with E-state index < -0.39 is 17.8 Å². The molecular formula is C17H18N2O6. The molecule has 8 nitrogen and oxygen atoms in total. The molecule has 2 aliphatic rings. The number of rotatable bonds is 3. The molecule has 2 heterocycles. The zero-order valence-corrected chi connectivity index (χ0v) is 13.9. The van der Waals surface area contributed by atoms with E-state index in [9.17, 15) is 14.4 Å². The van der Waals surface area contributed by atoms with Crippen molar-refractivity contribution in [2.24, 2.45) is 5.92 Å². The molecule has 1 aromatic rings. The molecule has 25 heavy (non-hydrogen) atoms. The molecule has 8 heteroatoms. The molecule has 0 bridgehead atoms. The van der Waals surface area contributed by atoms with E-state index in [2.05, 4.69) is 10.6 Å². The van der Waals surface area contributed by atoms with Gasteiger partial charge in [0.05, 0.1) is 18.6 Å². The van der Waals surface area contributed by atoms with Crippen molar-refractivity contribution in [3.8, 4) is 11.5 Å². The van der Waals surface area contributed by atoms with Crippen LogP contribution in [0.5, 0.6) is 11.5 Å². The molecule has 132 valence electrons. The largest absolute Gasteiger partial charge is 0.486 e. The first-order valence-corrected chi connectivity index (χ1v) is 7.79. The second kappa shape index (κ2) is 6.84. The van der Waals surface area contributed by atoms with Crippen molar-refractivity contribution in [1.29, 1.82) is 0 Å². The second-order valence-electron chi connectivity index (χ2n) is 5.68. The van der Waals surface area contributed by atoms with Crippen molar-refractivity contribution in [2.45, 2.75) is 13.3 Å². The number of methoxy groups -OCH3 is 1. The minimum Gasteiger partial charge on any atom is -0.486 e. The van der Waals surface area contributed by atoms with Gasteiger partial charge in [-0.15, -0.1) is 0 Å². The average Bonchev–Trinajstić information content (AvgIpc) is 2.60. The average molecular weight is 346 g/mol. The number of nitrogens with one attached hydrogen (secondary N) is 2. The fraction of sp³-hybridized carbons (Fsp3) is 0.353. The third-order valence-corrected chi connectivity index (χ3v) is 4.00.